The van der Waals surface area contributed by atoms with E-state index in [9.17, 15) is 4.79 Å². The molecule has 0 aromatic carbocycles. The maximum absolute atomic E-state index is 11.7. The Kier molecular flexibility index (Phi) is 4.45. The van der Waals surface area contributed by atoms with Crippen LogP contribution in [0.5, 0.6) is 0 Å². The van der Waals surface area contributed by atoms with Gasteiger partial charge in [-0.3, -0.25) is 9.69 Å². The highest BCUT2D eigenvalue weighted by Gasteiger charge is 2.31. The molecule has 0 saturated carbocycles. The summed E-state index contributed by atoms with van der Waals surface area (Å²) in [5, 5.41) is 0. The fraction of sp³-hybridized carbons (Fsp3) is 0.714. The summed E-state index contributed by atoms with van der Waals surface area (Å²) in [5.41, 5.74) is -0.0714. The van der Waals surface area contributed by atoms with Crippen LogP contribution in [-0.4, -0.2) is 48.8 Å². The Hall–Kier alpha value is -1.40. The number of oxazole rings is 1. The molecular formula is C14H22N2O4. The molecule has 0 bridgehead atoms. The number of hydrogen-bond acceptors (Lipinski definition) is 6. The van der Waals surface area contributed by atoms with Crippen molar-refractivity contribution in [3.8, 4) is 0 Å². The lowest BCUT2D eigenvalue weighted by molar-refractivity contribution is -0.153. The van der Waals surface area contributed by atoms with Gasteiger partial charge in [0.25, 0.3) is 0 Å². The fourth-order valence-corrected chi connectivity index (χ4v) is 2.08. The molecule has 1 aliphatic rings. The van der Waals surface area contributed by atoms with Gasteiger partial charge < -0.3 is 13.9 Å². The van der Waals surface area contributed by atoms with E-state index in [4.69, 9.17) is 13.9 Å². The minimum Gasteiger partial charge on any atom is -0.468 e. The molecule has 1 aromatic rings. The predicted molar refractivity (Wildman–Crippen MR) is 72.2 cm³/mol. The summed E-state index contributed by atoms with van der Waals surface area (Å²) in [6.45, 7) is 8.31. The third-order valence-electron chi connectivity index (χ3n) is 3.34. The number of methoxy groups -OCH3 is 1. The number of aromatic nitrogens is 1. The first-order chi connectivity index (χ1) is 9.41. The second kappa shape index (κ2) is 5.93. The van der Waals surface area contributed by atoms with Gasteiger partial charge in [0.2, 0.25) is 5.89 Å². The minimum absolute atomic E-state index is 0.0714. The third-order valence-corrected chi connectivity index (χ3v) is 3.34. The van der Waals surface area contributed by atoms with Crippen LogP contribution < -0.4 is 0 Å². The topological polar surface area (TPSA) is 64.8 Å². The van der Waals surface area contributed by atoms with E-state index in [0.29, 0.717) is 32.2 Å². The molecule has 0 radical (unpaired) electrons. The van der Waals surface area contributed by atoms with Crippen molar-refractivity contribution >= 4 is 5.97 Å². The summed E-state index contributed by atoms with van der Waals surface area (Å²) in [6, 6.07) is -0.390. The van der Waals surface area contributed by atoms with Gasteiger partial charge in [-0.15, -0.1) is 0 Å². The molecule has 1 unspecified atom stereocenters. The van der Waals surface area contributed by atoms with Gasteiger partial charge in [-0.25, -0.2) is 4.98 Å². The molecule has 0 amide bonds. The SMILES string of the molecule is COC(=O)C1COCCN1Cc1ncc(C(C)(C)C)o1. The first-order valence-electron chi connectivity index (χ1n) is 6.76. The van der Waals surface area contributed by atoms with Crippen LogP contribution in [0.1, 0.15) is 32.4 Å². The number of carbonyl (C=O) groups is 1. The molecular weight excluding hydrogens is 260 g/mol. The fourth-order valence-electron chi connectivity index (χ4n) is 2.08. The van der Waals surface area contributed by atoms with Gasteiger partial charge in [-0.1, -0.05) is 20.8 Å². The number of rotatable bonds is 3. The Bertz CT molecular complexity index is 464. The normalized spacial score (nSPS) is 20.9. The van der Waals surface area contributed by atoms with Gasteiger partial charge in [0.1, 0.15) is 11.8 Å². The first kappa shape index (κ1) is 15.0. The highest BCUT2D eigenvalue weighted by molar-refractivity contribution is 5.75. The van der Waals surface area contributed by atoms with Crippen LogP contribution in [0.4, 0.5) is 0 Å². The Balaban J connectivity index is 2.07. The number of hydrogen-bond donors (Lipinski definition) is 0. The van der Waals surface area contributed by atoms with Crippen molar-refractivity contribution in [2.75, 3.05) is 26.9 Å². The Morgan fingerprint density at radius 2 is 2.30 bits per heavy atom. The minimum atomic E-state index is -0.390. The predicted octanol–water partition coefficient (Wildman–Crippen LogP) is 1.35. The largest absolute Gasteiger partial charge is 0.468 e. The van der Waals surface area contributed by atoms with E-state index >= 15 is 0 Å². The lowest BCUT2D eigenvalue weighted by Crippen LogP contribution is -2.49. The first-order valence-corrected chi connectivity index (χ1v) is 6.76. The second-order valence-electron chi connectivity index (χ2n) is 5.95. The Morgan fingerprint density at radius 1 is 1.55 bits per heavy atom. The lowest BCUT2D eigenvalue weighted by Gasteiger charge is -2.32. The van der Waals surface area contributed by atoms with Crippen molar-refractivity contribution in [1.29, 1.82) is 0 Å². The molecule has 112 valence electrons. The third kappa shape index (κ3) is 3.37. The van der Waals surface area contributed by atoms with E-state index in [1.165, 1.54) is 7.11 Å². The van der Waals surface area contributed by atoms with Crippen LogP contribution in [0, 0.1) is 0 Å². The van der Waals surface area contributed by atoms with Crippen molar-refractivity contribution in [1.82, 2.24) is 9.88 Å². The standard InChI is InChI=1S/C14H22N2O4/c1-14(2,3)11-7-15-12(20-11)8-16-5-6-19-9-10(16)13(17)18-4/h7,10H,5-6,8-9H2,1-4H3. The smallest absolute Gasteiger partial charge is 0.325 e. The van der Waals surface area contributed by atoms with Gasteiger partial charge in [0, 0.05) is 12.0 Å². The Labute approximate surface area is 119 Å². The zero-order valence-electron chi connectivity index (χ0n) is 12.5. The number of ether oxygens (including phenoxy) is 2. The zero-order valence-corrected chi connectivity index (χ0v) is 12.5. The van der Waals surface area contributed by atoms with Crippen molar-refractivity contribution in [2.24, 2.45) is 0 Å². The van der Waals surface area contributed by atoms with Crippen molar-refractivity contribution < 1.29 is 18.7 Å². The monoisotopic (exact) mass is 282 g/mol. The number of morpholine rings is 1. The molecule has 6 heteroatoms. The summed E-state index contributed by atoms with van der Waals surface area (Å²) >= 11 is 0. The van der Waals surface area contributed by atoms with Gasteiger partial charge >= 0.3 is 5.97 Å². The van der Waals surface area contributed by atoms with Crippen LogP contribution in [0.15, 0.2) is 10.6 Å². The van der Waals surface area contributed by atoms with E-state index in [0.717, 1.165) is 5.76 Å². The van der Waals surface area contributed by atoms with Gasteiger partial charge in [0.15, 0.2) is 0 Å². The van der Waals surface area contributed by atoms with Crippen molar-refractivity contribution in [2.45, 2.75) is 38.8 Å². The molecule has 0 N–H and O–H groups in total. The van der Waals surface area contributed by atoms with Gasteiger partial charge in [-0.05, 0) is 0 Å². The van der Waals surface area contributed by atoms with Crippen LogP contribution in [0.3, 0.4) is 0 Å². The molecule has 6 nitrogen and oxygen atoms in total. The van der Waals surface area contributed by atoms with Crippen LogP contribution in [0.25, 0.3) is 0 Å². The maximum atomic E-state index is 11.7. The quantitative estimate of drug-likeness (QED) is 0.780. The van der Waals surface area contributed by atoms with Crippen molar-refractivity contribution in [3.63, 3.8) is 0 Å². The van der Waals surface area contributed by atoms with Gasteiger partial charge in [-0.2, -0.15) is 0 Å². The summed E-state index contributed by atoms with van der Waals surface area (Å²) in [6.07, 6.45) is 1.75. The van der Waals surface area contributed by atoms with Crippen LogP contribution in [-0.2, 0) is 26.2 Å². The number of esters is 1. The summed E-state index contributed by atoms with van der Waals surface area (Å²) in [7, 11) is 1.39. The maximum Gasteiger partial charge on any atom is 0.325 e. The highest BCUT2D eigenvalue weighted by atomic mass is 16.5. The average Bonchev–Trinajstić information content (AvgIpc) is 2.87. The molecule has 1 saturated heterocycles. The zero-order chi connectivity index (χ0) is 14.8. The molecule has 1 aliphatic heterocycles. The molecule has 20 heavy (non-hydrogen) atoms. The van der Waals surface area contributed by atoms with Gasteiger partial charge in [0.05, 0.1) is 33.1 Å². The summed E-state index contributed by atoms with van der Waals surface area (Å²) in [5.74, 6) is 1.17. The number of carbonyl (C=O) groups excluding carboxylic acids is 1. The molecule has 2 rings (SSSR count). The Morgan fingerprint density at radius 3 is 2.90 bits per heavy atom. The molecule has 0 spiro atoms. The molecule has 2 heterocycles. The van der Waals surface area contributed by atoms with Crippen molar-refractivity contribution in [3.05, 3.63) is 17.8 Å². The summed E-state index contributed by atoms with van der Waals surface area (Å²) < 4.78 is 15.9. The molecule has 0 aliphatic carbocycles. The molecule has 1 atom stereocenters. The molecule has 1 fully saturated rings. The van der Waals surface area contributed by atoms with E-state index in [2.05, 4.69) is 25.8 Å². The van der Waals surface area contributed by atoms with E-state index in [1.807, 2.05) is 4.90 Å². The van der Waals surface area contributed by atoms with Crippen LogP contribution in [0.2, 0.25) is 0 Å². The molecule has 1 aromatic heterocycles. The lowest BCUT2D eigenvalue weighted by atomic mass is 9.94. The second-order valence-corrected chi connectivity index (χ2v) is 5.95. The van der Waals surface area contributed by atoms with E-state index < -0.39 is 6.04 Å². The van der Waals surface area contributed by atoms with E-state index in [1.54, 1.807) is 6.20 Å². The number of nitrogens with zero attached hydrogens (tertiary/aromatic N) is 2. The van der Waals surface area contributed by atoms with E-state index in [-0.39, 0.29) is 11.4 Å². The summed E-state index contributed by atoms with van der Waals surface area (Å²) in [4.78, 5) is 18.0. The average molecular weight is 282 g/mol. The van der Waals surface area contributed by atoms with Crippen LogP contribution >= 0.6 is 0 Å². The highest BCUT2D eigenvalue weighted by Crippen LogP contribution is 2.23.